The summed E-state index contributed by atoms with van der Waals surface area (Å²) in [6.07, 6.45) is 36.9. The second kappa shape index (κ2) is 25.2. The SMILES string of the molecule is CC/C=C\C/C=C\C/C=C\C/C=C\C/C=C\CCCCCC(=O)OCCCCCC. The summed E-state index contributed by atoms with van der Waals surface area (Å²) >= 11 is 0. The molecule has 0 amide bonds. The van der Waals surface area contributed by atoms with Crippen LogP contribution in [0.25, 0.3) is 0 Å². The van der Waals surface area contributed by atoms with Gasteiger partial charge >= 0.3 is 5.97 Å². The summed E-state index contributed by atoms with van der Waals surface area (Å²) in [4.78, 5) is 11.6. The molecule has 0 atom stereocenters. The van der Waals surface area contributed by atoms with E-state index in [4.69, 9.17) is 4.74 Å². The molecule has 0 N–H and O–H groups in total. The molecular formula is C28H46O2. The minimum atomic E-state index is -0.0265. The van der Waals surface area contributed by atoms with Gasteiger partial charge in [-0.3, -0.25) is 4.79 Å². The van der Waals surface area contributed by atoms with Crippen molar-refractivity contribution in [3.8, 4) is 0 Å². The van der Waals surface area contributed by atoms with E-state index in [-0.39, 0.29) is 5.97 Å². The molecule has 30 heavy (non-hydrogen) atoms. The van der Waals surface area contributed by atoms with Gasteiger partial charge in [-0.25, -0.2) is 0 Å². The number of ether oxygens (including phenoxy) is 1. The molecule has 0 saturated carbocycles. The Kier molecular flexibility index (Phi) is 23.7. The molecule has 0 aromatic heterocycles. The minimum absolute atomic E-state index is 0.0265. The Labute approximate surface area is 186 Å². The third kappa shape index (κ3) is 24.2. The zero-order chi connectivity index (χ0) is 22.0. The van der Waals surface area contributed by atoms with Crippen LogP contribution in [-0.2, 0) is 9.53 Å². The quantitative estimate of drug-likeness (QED) is 0.113. The van der Waals surface area contributed by atoms with Crippen LogP contribution >= 0.6 is 0 Å². The molecule has 0 bridgehead atoms. The first-order chi connectivity index (χ1) is 14.8. The van der Waals surface area contributed by atoms with Crippen molar-refractivity contribution in [2.75, 3.05) is 6.61 Å². The first-order valence-electron chi connectivity index (χ1n) is 12.2. The van der Waals surface area contributed by atoms with Gasteiger partial charge in [0.15, 0.2) is 0 Å². The molecule has 0 heterocycles. The van der Waals surface area contributed by atoms with Crippen molar-refractivity contribution < 1.29 is 9.53 Å². The molecule has 0 spiro atoms. The Morgan fingerprint density at radius 3 is 1.70 bits per heavy atom. The number of allylic oxidation sites excluding steroid dienone is 10. The maximum atomic E-state index is 11.6. The molecular weight excluding hydrogens is 368 g/mol. The van der Waals surface area contributed by atoms with Crippen LogP contribution < -0.4 is 0 Å². The Morgan fingerprint density at radius 1 is 0.600 bits per heavy atom. The van der Waals surface area contributed by atoms with Crippen LogP contribution in [-0.4, -0.2) is 12.6 Å². The molecule has 0 radical (unpaired) electrons. The summed E-state index contributed by atoms with van der Waals surface area (Å²) < 4.78 is 5.25. The Bertz CT molecular complexity index is 509. The molecule has 0 unspecified atom stereocenters. The van der Waals surface area contributed by atoms with Gasteiger partial charge in [0.25, 0.3) is 0 Å². The molecule has 0 aromatic rings. The lowest BCUT2D eigenvalue weighted by molar-refractivity contribution is -0.143. The fourth-order valence-electron chi connectivity index (χ4n) is 2.86. The average molecular weight is 415 g/mol. The maximum absolute atomic E-state index is 11.6. The monoisotopic (exact) mass is 414 g/mol. The molecule has 0 aromatic carbocycles. The summed E-state index contributed by atoms with van der Waals surface area (Å²) in [6.45, 7) is 4.94. The number of hydrogen-bond acceptors (Lipinski definition) is 2. The van der Waals surface area contributed by atoms with Crippen molar-refractivity contribution in [3.63, 3.8) is 0 Å². The van der Waals surface area contributed by atoms with E-state index in [0.717, 1.165) is 70.6 Å². The number of carbonyl (C=O) groups excluding carboxylic acids is 1. The smallest absolute Gasteiger partial charge is 0.305 e. The topological polar surface area (TPSA) is 26.3 Å². The highest BCUT2D eigenvalue weighted by Gasteiger charge is 2.01. The van der Waals surface area contributed by atoms with Crippen LogP contribution in [0.5, 0.6) is 0 Å². The lowest BCUT2D eigenvalue weighted by Gasteiger charge is -2.04. The number of esters is 1. The van der Waals surface area contributed by atoms with E-state index < -0.39 is 0 Å². The summed E-state index contributed by atoms with van der Waals surface area (Å²) in [6, 6.07) is 0. The molecule has 0 fully saturated rings. The first-order valence-corrected chi connectivity index (χ1v) is 12.2. The van der Waals surface area contributed by atoms with E-state index in [1.165, 1.54) is 12.8 Å². The Morgan fingerprint density at radius 2 is 1.13 bits per heavy atom. The third-order valence-corrected chi connectivity index (χ3v) is 4.67. The second-order valence-corrected chi connectivity index (χ2v) is 7.59. The summed E-state index contributed by atoms with van der Waals surface area (Å²) in [5.41, 5.74) is 0. The number of unbranched alkanes of at least 4 members (excludes halogenated alkanes) is 6. The van der Waals surface area contributed by atoms with Gasteiger partial charge < -0.3 is 4.74 Å². The van der Waals surface area contributed by atoms with Crippen LogP contribution in [0.15, 0.2) is 60.8 Å². The van der Waals surface area contributed by atoms with Crippen molar-refractivity contribution >= 4 is 5.97 Å². The predicted octanol–water partition coefficient (Wildman–Crippen LogP) is 8.81. The lowest BCUT2D eigenvalue weighted by Crippen LogP contribution is -2.05. The maximum Gasteiger partial charge on any atom is 0.305 e. The Balaban J connectivity index is 3.43. The predicted molar refractivity (Wildman–Crippen MR) is 133 cm³/mol. The van der Waals surface area contributed by atoms with Gasteiger partial charge in [0.1, 0.15) is 0 Å². The number of carbonyl (C=O) groups is 1. The minimum Gasteiger partial charge on any atom is -0.466 e. The van der Waals surface area contributed by atoms with Gasteiger partial charge in [0.05, 0.1) is 6.61 Å². The van der Waals surface area contributed by atoms with Gasteiger partial charge in [-0.2, -0.15) is 0 Å². The van der Waals surface area contributed by atoms with Crippen molar-refractivity contribution in [2.24, 2.45) is 0 Å². The summed E-state index contributed by atoms with van der Waals surface area (Å²) in [5, 5.41) is 0. The van der Waals surface area contributed by atoms with Gasteiger partial charge in [0.2, 0.25) is 0 Å². The van der Waals surface area contributed by atoms with E-state index in [1.54, 1.807) is 0 Å². The van der Waals surface area contributed by atoms with Crippen molar-refractivity contribution in [1.29, 1.82) is 0 Å². The molecule has 170 valence electrons. The number of hydrogen-bond donors (Lipinski definition) is 0. The van der Waals surface area contributed by atoms with Crippen molar-refractivity contribution in [1.82, 2.24) is 0 Å². The molecule has 0 rings (SSSR count). The fourth-order valence-corrected chi connectivity index (χ4v) is 2.86. The van der Waals surface area contributed by atoms with Crippen molar-refractivity contribution in [2.45, 2.75) is 104 Å². The van der Waals surface area contributed by atoms with E-state index in [0.29, 0.717) is 13.0 Å². The van der Waals surface area contributed by atoms with Crippen molar-refractivity contribution in [3.05, 3.63) is 60.8 Å². The number of rotatable bonds is 20. The summed E-state index contributed by atoms with van der Waals surface area (Å²) in [5.74, 6) is -0.0265. The van der Waals surface area contributed by atoms with Gasteiger partial charge in [-0.1, -0.05) is 100 Å². The third-order valence-electron chi connectivity index (χ3n) is 4.67. The van der Waals surface area contributed by atoms with E-state index >= 15 is 0 Å². The zero-order valence-corrected chi connectivity index (χ0v) is 19.7. The normalized spacial score (nSPS) is 12.5. The van der Waals surface area contributed by atoms with Crippen LogP contribution in [0.2, 0.25) is 0 Å². The standard InChI is InChI=1S/C28H46O2/c1-3-5-7-9-10-11-12-13-14-15-16-17-18-19-20-21-22-23-24-26-28(29)30-27-25-8-6-4-2/h5,7,10-11,13-14,16-17,19-20H,3-4,6,8-9,12,15,18,21-27H2,1-2H3/b7-5-,11-10-,14-13-,17-16-,20-19-. The van der Waals surface area contributed by atoms with E-state index in [9.17, 15) is 4.79 Å². The highest BCUT2D eigenvalue weighted by Crippen LogP contribution is 2.06. The molecule has 0 saturated heterocycles. The van der Waals surface area contributed by atoms with Crippen LogP contribution in [0.4, 0.5) is 0 Å². The average Bonchev–Trinajstić information content (AvgIpc) is 2.75. The van der Waals surface area contributed by atoms with Crippen LogP contribution in [0.3, 0.4) is 0 Å². The highest BCUT2D eigenvalue weighted by molar-refractivity contribution is 5.69. The molecule has 2 heteroatoms. The fraction of sp³-hybridized carbons (Fsp3) is 0.607. The first kappa shape index (κ1) is 28.2. The zero-order valence-electron chi connectivity index (χ0n) is 19.7. The van der Waals surface area contributed by atoms with Gasteiger partial charge in [-0.05, 0) is 57.8 Å². The summed E-state index contributed by atoms with van der Waals surface area (Å²) in [7, 11) is 0. The lowest BCUT2D eigenvalue weighted by atomic mass is 10.1. The highest BCUT2D eigenvalue weighted by atomic mass is 16.5. The van der Waals surface area contributed by atoms with E-state index in [1.807, 2.05) is 0 Å². The van der Waals surface area contributed by atoms with E-state index in [2.05, 4.69) is 74.6 Å². The molecule has 0 aliphatic rings. The largest absolute Gasteiger partial charge is 0.466 e. The van der Waals surface area contributed by atoms with Crippen LogP contribution in [0, 0.1) is 0 Å². The Hall–Kier alpha value is -1.83. The van der Waals surface area contributed by atoms with Gasteiger partial charge in [-0.15, -0.1) is 0 Å². The van der Waals surface area contributed by atoms with Crippen LogP contribution in [0.1, 0.15) is 104 Å². The molecule has 2 nitrogen and oxygen atoms in total. The molecule has 0 aliphatic carbocycles. The second-order valence-electron chi connectivity index (χ2n) is 7.59. The molecule has 0 aliphatic heterocycles. The van der Waals surface area contributed by atoms with Gasteiger partial charge in [0, 0.05) is 6.42 Å².